The summed E-state index contributed by atoms with van der Waals surface area (Å²) in [5.74, 6) is 0.622. The van der Waals surface area contributed by atoms with Gasteiger partial charge in [0.1, 0.15) is 5.60 Å². The van der Waals surface area contributed by atoms with Gasteiger partial charge in [0.05, 0.1) is 6.61 Å². The molecule has 0 saturated carbocycles. The molecule has 19 heavy (non-hydrogen) atoms. The van der Waals surface area contributed by atoms with Crippen molar-refractivity contribution in [1.82, 2.24) is 10.2 Å². The number of nitrogens with zero attached hydrogens (tertiary/aromatic N) is 1. The predicted molar refractivity (Wildman–Crippen MR) is 75.3 cm³/mol. The normalized spacial score (nSPS) is 19.5. The van der Waals surface area contributed by atoms with Crippen molar-refractivity contribution in [2.75, 3.05) is 39.4 Å². The lowest BCUT2D eigenvalue weighted by molar-refractivity contribution is 0.0262. The molecule has 1 rings (SSSR count). The van der Waals surface area contributed by atoms with Gasteiger partial charge >= 0.3 is 6.09 Å². The number of amides is 1. The zero-order valence-electron chi connectivity index (χ0n) is 12.7. The Kier molecular flexibility index (Phi) is 6.58. The zero-order chi connectivity index (χ0) is 14.3. The van der Waals surface area contributed by atoms with Gasteiger partial charge in [-0.25, -0.2) is 4.79 Å². The second-order valence-corrected chi connectivity index (χ2v) is 5.99. The number of ether oxygens (including phenoxy) is 2. The largest absolute Gasteiger partial charge is 0.444 e. The lowest BCUT2D eigenvalue weighted by Gasteiger charge is -2.26. The molecule has 1 unspecified atom stereocenters. The van der Waals surface area contributed by atoms with Crippen LogP contribution >= 0.6 is 0 Å². The number of hydrogen-bond acceptors (Lipinski definition) is 4. The maximum Gasteiger partial charge on any atom is 0.410 e. The molecule has 0 spiro atoms. The number of likely N-dealkylation sites (N-methyl/N-ethyl adjacent to an activating group) is 1. The Hall–Kier alpha value is -0.810. The summed E-state index contributed by atoms with van der Waals surface area (Å²) >= 11 is 0. The Morgan fingerprint density at radius 1 is 1.47 bits per heavy atom. The van der Waals surface area contributed by atoms with Gasteiger partial charge in [0.15, 0.2) is 0 Å². The molecule has 0 aromatic rings. The van der Waals surface area contributed by atoms with Crippen molar-refractivity contribution < 1.29 is 14.3 Å². The second-order valence-electron chi connectivity index (χ2n) is 5.99. The molecule has 0 aromatic carbocycles. The molecule has 1 saturated heterocycles. The maximum atomic E-state index is 11.9. The van der Waals surface area contributed by atoms with Crippen LogP contribution in [0.2, 0.25) is 0 Å². The smallest absolute Gasteiger partial charge is 0.410 e. The summed E-state index contributed by atoms with van der Waals surface area (Å²) in [6, 6.07) is 0. The predicted octanol–water partition coefficient (Wildman–Crippen LogP) is 1.87. The van der Waals surface area contributed by atoms with E-state index in [1.54, 1.807) is 4.90 Å². The molecule has 0 bridgehead atoms. The Labute approximate surface area is 116 Å². The van der Waals surface area contributed by atoms with Crippen molar-refractivity contribution in [1.29, 1.82) is 0 Å². The molecule has 112 valence electrons. The number of carbonyl (C=O) groups is 1. The summed E-state index contributed by atoms with van der Waals surface area (Å²) in [4.78, 5) is 13.6. The van der Waals surface area contributed by atoms with E-state index < -0.39 is 5.60 Å². The van der Waals surface area contributed by atoms with Crippen molar-refractivity contribution >= 4 is 6.09 Å². The van der Waals surface area contributed by atoms with Crippen LogP contribution in [0.25, 0.3) is 0 Å². The molecule has 0 radical (unpaired) electrons. The first-order chi connectivity index (χ1) is 8.92. The van der Waals surface area contributed by atoms with Gasteiger partial charge in [-0.05, 0) is 40.0 Å². The quantitative estimate of drug-likeness (QED) is 0.750. The summed E-state index contributed by atoms with van der Waals surface area (Å²) in [6.45, 7) is 12.5. The van der Waals surface area contributed by atoms with Crippen molar-refractivity contribution in [3.8, 4) is 0 Å². The van der Waals surface area contributed by atoms with E-state index in [4.69, 9.17) is 9.47 Å². The minimum atomic E-state index is -0.431. The van der Waals surface area contributed by atoms with Crippen LogP contribution in [0, 0.1) is 5.92 Å². The molecule has 1 heterocycles. The third-order valence-corrected chi connectivity index (χ3v) is 3.05. The summed E-state index contributed by atoms with van der Waals surface area (Å²) in [5.41, 5.74) is -0.431. The van der Waals surface area contributed by atoms with Gasteiger partial charge in [-0.3, -0.25) is 0 Å². The third-order valence-electron chi connectivity index (χ3n) is 3.05. The summed E-state index contributed by atoms with van der Waals surface area (Å²) in [6.07, 6.45) is 0.900. The van der Waals surface area contributed by atoms with E-state index in [0.29, 0.717) is 19.0 Å². The Morgan fingerprint density at radius 3 is 2.74 bits per heavy atom. The van der Waals surface area contributed by atoms with E-state index in [-0.39, 0.29) is 6.09 Å². The molecule has 0 aromatic heterocycles. The highest BCUT2D eigenvalue weighted by Crippen LogP contribution is 2.11. The lowest BCUT2D eigenvalue weighted by Crippen LogP contribution is -2.41. The van der Waals surface area contributed by atoms with Crippen molar-refractivity contribution in [2.45, 2.75) is 39.7 Å². The molecule has 5 nitrogen and oxygen atoms in total. The molecular formula is C14H28N2O3. The molecule has 1 amide bonds. The summed E-state index contributed by atoms with van der Waals surface area (Å²) in [5, 5.41) is 3.38. The highest BCUT2D eigenvalue weighted by Gasteiger charge is 2.21. The first-order valence-electron chi connectivity index (χ1n) is 7.18. The van der Waals surface area contributed by atoms with Crippen LogP contribution in [-0.4, -0.2) is 56.0 Å². The molecule has 1 N–H and O–H groups in total. The standard InChI is InChI=1S/C14H28N2O3/c1-5-16(13(17)19-14(2,3)4)8-7-15-10-12-6-9-18-11-12/h12,15H,5-11H2,1-4H3. The number of nitrogens with one attached hydrogen (secondary N) is 1. The molecule has 1 aliphatic rings. The van der Waals surface area contributed by atoms with Crippen LogP contribution in [0.15, 0.2) is 0 Å². The van der Waals surface area contributed by atoms with Crippen molar-refractivity contribution in [3.63, 3.8) is 0 Å². The number of rotatable bonds is 6. The molecular weight excluding hydrogens is 244 g/mol. The molecule has 5 heteroatoms. The van der Waals surface area contributed by atoms with Gasteiger partial charge in [-0.2, -0.15) is 0 Å². The highest BCUT2D eigenvalue weighted by molar-refractivity contribution is 5.68. The first kappa shape index (κ1) is 16.2. The van der Waals surface area contributed by atoms with Gasteiger partial charge < -0.3 is 19.7 Å². The SMILES string of the molecule is CCN(CCNCC1CCOC1)C(=O)OC(C)(C)C. The monoisotopic (exact) mass is 272 g/mol. The van der Waals surface area contributed by atoms with Crippen LogP contribution in [0.4, 0.5) is 4.79 Å². The van der Waals surface area contributed by atoms with Gasteiger partial charge in [0, 0.05) is 32.8 Å². The zero-order valence-corrected chi connectivity index (χ0v) is 12.7. The maximum absolute atomic E-state index is 11.9. The summed E-state index contributed by atoms with van der Waals surface area (Å²) < 4.78 is 10.7. The Bertz CT molecular complexity index is 270. The lowest BCUT2D eigenvalue weighted by atomic mass is 10.1. The van der Waals surface area contributed by atoms with E-state index in [9.17, 15) is 4.79 Å². The minimum Gasteiger partial charge on any atom is -0.444 e. The molecule has 1 atom stereocenters. The van der Waals surface area contributed by atoms with Gasteiger partial charge in [0.25, 0.3) is 0 Å². The van der Waals surface area contributed by atoms with E-state index in [0.717, 1.165) is 32.7 Å². The molecule has 1 aliphatic heterocycles. The average molecular weight is 272 g/mol. The Balaban J connectivity index is 2.18. The van der Waals surface area contributed by atoms with Crippen LogP contribution in [0.3, 0.4) is 0 Å². The van der Waals surface area contributed by atoms with Crippen LogP contribution in [0.1, 0.15) is 34.1 Å². The van der Waals surface area contributed by atoms with Gasteiger partial charge in [-0.1, -0.05) is 0 Å². The van der Waals surface area contributed by atoms with E-state index in [1.165, 1.54) is 0 Å². The van der Waals surface area contributed by atoms with E-state index in [1.807, 2.05) is 27.7 Å². The average Bonchev–Trinajstić information content (AvgIpc) is 2.79. The van der Waals surface area contributed by atoms with Crippen LogP contribution in [-0.2, 0) is 9.47 Å². The van der Waals surface area contributed by atoms with Crippen LogP contribution < -0.4 is 5.32 Å². The number of carbonyl (C=O) groups excluding carboxylic acids is 1. The number of hydrogen-bond donors (Lipinski definition) is 1. The van der Waals surface area contributed by atoms with Crippen molar-refractivity contribution in [3.05, 3.63) is 0 Å². The van der Waals surface area contributed by atoms with Crippen LogP contribution in [0.5, 0.6) is 0 Å². The van der Waals surface area contributed by atoms with Gasteiger partial charge in [0.2, 0.25) is 0 Å². The van der Waals surface area contributed by atoms with Gasteiger partial charge in [-0.15, -0.1) is 0 Å². The van der Waals surface area contributed by atoms with Crippen molar-refractivity contribution in [2.24, 2.45) is 5.92 Å². The fourth-order valence-electron chi connectivity index (χ4n) is 1.97. The second kappa shape index (κ2) is 7.70. The first-order valence-corrected chi connectivity index (χ1v) is 7.18. The van der Waals surface area contributed by atoms with E-state index in [2.05, 4.69) is 5.32 Å². The minimum absolute atomic E-state index is 0.235. The van der Waals surface area contributed by atoms with E-state index >= 15 is 0 Å². The topological polar surface area (TPSA) is 50.8 Å². The Morgan fingerprint density at radius 2 is 2.21 bits per heavy atom. The highest BCUT2D eigenvalue weighted by atomic mass is 16.6. The fraction of sp³-hybridized carbons (Fsp3) is 0.929. The molecule has 1 fully saturated rings. The fourth-order valence-corrected chi connectivity index (χ4v) is 1.97. The third kappa shape index (κ3) is 6.78. The summed E-state index contributed by atoms with van der Waals surface area (Å²) in [7, 11) is 0. The molecule has 0 aliphatic carbocycles.